The van der Waals surface area contributed by atoms with Crippen LogP contribution in [0.25, 0.3) is 0 Å². The van der Waals surface area contributed by atoms with Crippen molar-refractivity contribution in [2.45, 2.75) is 13.8 Å². The first-order chi connectivity index (χ1) is 9.13. The number of oxime groups is 1. The van der Waals surface area contributed by atoms with Crippen molar-refractivity contribution in [3.05, 3.63) is 22.8 Å². The van der Waals surface area contributed by atoms with Crippen LogP contribution in [-0.4, -0.2) is 47.2 Å². The molecule has 0 atom stereocenters. The van der Waals surface area contributed by atoms with Gasteiger partial charge in [0, 0.05) is 18.3 Å². The maximum Gasteiger partial charge on any atom is 0.233 e. The molecule has 0 aliphatic carbocycles. The van der Waals surface area contributed by atoms with Crippen molar-refractivity contribution >= 4 is 17.4 Å². The maximum absolute atomic E-state index is 8.65. The molecule has 1 aromatic rings. The fourth-order valence-corrected chi connectivity index (χ4v) is 1.85. The number of hydrogen-bond acceptors (Lipinski definition) is 5. The Morgan fingerprint density at radius 1 is 1.53 bits per heavy atom. The highest BCUT2D eigenvalue weighted by Gasteiger charge is 2.12. The first-order valence-electron chi connectivity index (χ1n) is 6.11. The van der Waals surface area contributed by atoms with E-state index in [9.17, 15) is 0 Å². The first kappa shape index (κ1) is 15.5. The van der Waals surface area contributed by atoms with E-state index >= 15 is 0 Å². The minimum atomic E-state index is -0.0685. The molecule has 0 fully saturated rings. The van der Waals surface area contributed by atoms with E-state index in [4.69, 9.17) is 27.3 Å². The average Bonchev–Trinajstić information content (AvgIpc) is 2.44. The predicted octanol–water partition coefficient (Wildman–Crippen LogP) is 1.55. The van der Waals surface area contributed by atoms with Crippen LogP contribution in [0.15, 0.2) is 17.4 Å². The van der Waals surface area contributed by atoms with Gasteiger partial charge in [-0.15, -0.1) is 0 Å². The second-order valence-electron chi connectivity index (χ2n) is 3.84. The van der Waals surface area contributed by atoms with Gasteiger partial charge in [-0.3, -0.25) is 0 Å². The minimum Gasteiger partial charge on any atom is -0.475 e. The van der Waals surface area contributed by atoms with E-state index in [1.54, 1.807) is 6.07 Å². The lowest BCUT2D eigenvalue weighted by Gasteiger charge is -2.18. The molecule has 0 unspecified atom stereocenters. The number of aromatic nitrogens is 1. The Hall–Kier alpha value is -1.53. The van der Waals surface area contributed by atoms with Crippen molar-refractivity contribution in [3.63, 3.8) is 0 Å². The van der Waals surface area contributed by atoms with Gasteiger partial charge < -0.3 is 20.6 Å². The van der Waals surface area contributed by atoms with Crippen LogP contribution in [0.2, 0.25) is 5.02 Å². The largest absolute Gasteiger partial charge is 0.475 e. The van der Waals surface area contributed by atoms with Gasteiger partial charge in [0.1, 0.15) is 11.6 Å². The standard InChI is InChI=1S/C12H19ClN4O2/c1-3-17(4-2)7-8-19-12-10(13)9(5-6-15-12)11(14)16-18/h5-6,18H,3-4,7-8H2,1-2H3,(H2,14,16). The van der Waals surface area contributed by atoms with E-state index in [1.807, 2.05) is 0 Å². The van der Waals surface area contributed by atoms with E-state index in [0.29, 0.717) is 12.2 Å². The van der Waals surface area contributed by atoms with Crippen LogP contribution in [0, 0.1) is 0 Å². The zero-order valence-corrected chi connectivity index (χ0v) is 11.9. The topological polar surface area (TPSA) is 84.0 Å². The van der Waals surface area contributed by atoms with Gasteiger partial charge in [-0.2, -0.15) is 0 Å². The fraction of sp³-hybridized carbons (Fsp3) is 0.500. The molecular formula is C12H19ClN4O2. The molecule has 0 aliphatic rings. The Bertz CT molecular complexity index is 436. The summed E-state index contributed by atoms with van der Waals surface area (Å²) in [5.74, 6) is 0.221. The van der Waals surface area contributed by atoms with Gasteiger partial charge in [0.2, 0.25) is 5.88 Å². The predicted molar refractivity (Wildman–Crippen MR) is 75.0 cm³/mol. The van der Waals surface area contributed by atoms with Crippen LogP contribution >= 0.6 is 11.6 Å². The Morgan fingerprint density at radius 3 is 2.79 bits per heavy atom. The second-order valence-corrected chi connectivity index (χ2v) is 4.22. The molecule has 0 saturated heterocycles. The van der Waals surface area contributed by atoms with E-state index in [2.05, 4.69) is 28.9 Å². The SMILES string of the molecule is CCN(CC)CCOc1nccc(/C(N)=N/O)c1Cl. The van der Waals surface area contributed by atoms with Gasteiger partial charge in [-0.1, -0.05) is 30.6 Å². The molecule has 0 spiro atoms. The third kappa shape index (κ3) is 4.25. The molecule has 19 heavy (non-hydrogen) atoms. The van der Waals surface area contributed by atoms with Crippen molar-refractivity contribution in [2.24, 2.45) is 10.9 Å². The highest BCUT2D eigenvalue weighted by Crippen LogP contribution is 2.25. The van der Waals surface area contributed by atoms with E-state index in [-0.39, 0.29) is 16.7 Å². The van der Waals surface area contributed by atoms with Gasteiger partial charge in [0.25, 0.3) is 0 Å². The Labute approximate surface area is 117 Å². The maximum atomic E-state index is 8.65. The lowest BCUT2D eigenvalue weighted by Crippen LogP contribution is -2.28. The highest BCUT2D eigenvalue weighted by molar-refractivity contribution is 6.35. The molecule has 0 saturated carbocycles. The number of hydrogen-bond donors (Lipinski definition) is 2. The number of nitrogens with zero attached hydrogens (tertiary/aromatic N) is 3. The Morgan fingerprint density at radius 2 is 2.21 bits per heavy atom. The number of halogens is 1. The summed E-state index contributed by atoms with van der Waals surface area (Å²) in [7, 11) is 0. The summed E-state index contributed by atoms with van der Waals surface area (Å²) >= 11 is 6.09. The number of rotatable bonds is 7. The molecule has 0 aliphatic heterocycles. The molecule has 0 radical (unpaired) electrons. The van der Waals surface area contributed by atoms with Gasteiger partial charge in [-0.05, 0) is 19.2 Å². The molecule has 3 N–H and O–H groups in total. The highest BCUT2D eigenvalue weighted by atomic mass is 35.5. The third-order valence-corrected chi connectivity index (χ3v) is 3.15. The van der Waals surface area contributed by atoms with Crippen LogP contribution in [0.3, 0.4) is 0 Å². The van der Waals surface area contributed by atoms with Crippen molar-refractivity contribution in [3.8, 4) is 5.88 Å². The average molecular weight is 287 g/mol. The van der Waals surface area contributed by atoms with Crippen molar-refractivity contribution in [1.82, 2.24) is 9.88 Å². The Balaban J connectivity index is 2.69. The summed E-state index contributed by atoms with van der Waals surface area (Å²) < 4.78 is 5.53. The first-order valence-corrected chi connectivity index (χ1v) is 6.49. The lowest BCUT2D eigenvalue weighted by molar-refractivity contribution is 0.218. The van der Waals surface area contributed by atoms with Crippen LogP contribution in [0.4, 0.5) is 0 Å². The molecule has 106 valence electrons. The van der Waals surface area contributed by atoms with Crippen molar-refractivity contribution < 1.29 is 9.94 Å². The van der Waals surface area contributed by atoms with E-state index < -0.39 is 0 Å². The summed E-state index contributed by atoms with van der Waals surface area (Å²) in [4.78, 5) is 6.26. The normalized spacial score (nSPS) is 11.9. The smallest absolute Gasteiger partial charge is 0.233 e. The van der Waals surface area contributed by atoms with Gasteiger partial charge in [0.15, 0.2) is 5.84 Å². The van der Waals surface area contributed by atoms with Crippen LogP contribution in [-0.2, 0) is 0 Å². The summed E-state index contributed by atoms with van der Waals surface area (Å²) in [6, 6.07) is 1.56. The number of ether oxygens (including phenoxy) is 1. The lowest BCUT2D eigenvalue weighted by atomic mass is 10.2. The number of likely N-dealkylation sites (N-methyl/N-ethyl adjacent to an activating group) is 1. The fourth-order valence-electron chi connectivity index (χ4n) is 1.59. The minimum absolute atomic E-state index is 0.0685. The van der Waals surface area contributed by atoms with Crippen LogP contribution < -0.4 is 10.5 Å². The molecule has 6 nitrogen and oxygen atoms in total. The summed E-state index contributed by atoms with van der Waals surface area (Å²) in [5, 5.41) is 11.8. The van der Waals surface area contributed by atoms with Gasteiger partial charge in [0.05, 0.1) is 0 Å². The molecule has 1 heterocycles. The molecule has 1 rings (SSSR count). The third-order valence-electron chi connectivity index (χ3n) is 2.78. The molecule has 1 aromatic heterocycles. The Kier molecular flexibility index (Phi) is 6.38. The van der Waals surface area contributed by atoms with E-state index in [1.165, 1.54) is 6.20 Å². The second kappa shape index (κ2) is 7.81. The monoisotopic (exact) mass is 286 g/mol. The van der Waals surface area contributed by atoms with Gasteiger partial charge in [-0.25, -0.2) is 4.98 Å². The zero-order valence-electron chi connectivity index (χ0n) is 11.1. The van der Waals surface area contributed by atoms with E-state index in [0.717, 1.165) is 19.6 Å². The molecule has 7 heteroatoms. The summed E-state index contributed by atoms with van der Waals surface area (Å²) in [6.07, 6.45) is 1.51. The van der Waals surface area contributed by atoms with Crippen molar-refractivity contribution in [1.29, 1.82) is 0 Å². The zero-order chi connectivity index (χ0) is 14.3. The van der Waals surface area contributed by atoms with Crippen LogP contribution in [0.5, 0.6) is 5.88 Å². The van der Waals surface area contributed by atoms with Crippen molar-refractivity contribution in [2.75, 3.05) is 26.2 Å². The summed E-state index contributed by atoms with van der Waals surface area (Å²) in [6.45, 7) is 7.38. The molecule has 0 amide bonds. The summed E-state index contributed by atoms with van der Waals surface area (Å²) in [5.41, 5.74) is 5.91. The van der Waals surface area contributed by atoms with Gasteiger partial charge >= 0.3 is 0 Å². The molecular weight excluding hydrogens is 268 g/mol. The molecule has 0 bridgehead atoms. The number of pyridine rings is 1. The number of nitrogens with two attached hydrogens (primary N) is 1. The number of amidine groups is 1. The molecule has 0 aromatic carbocycles. The van der Waals surface area contributed by atoms with Crippen LogP contribution in [0.1, 0.15) is 19.4 Å². The quantitative estimate of drug-likeness (QED) is 0.344.